The number of aromatic nitrogens is 2. The van der Waals surface area contributed by atoms with Crippen LogP contribution in [0.3, 0.4) is 0 Å². The topological polar surface area (TPSA) is 101 Å². The van der Waals surface area contributed by atoms with Gasteiger partial charge in [0.25, 0.3) is 10.0 Å². The van der Waals surface area contributed by atoms with Crippen LogP contribution in [0, 0.1) is 6.92 Å². The molecule has 30 heavy (non-hydrogen) atoms. The first-order valence-electron chi connectivity index (χ1n) is 9.13. The van der Waals surface area contributed by atoms with Gasteiger partial charge in [-0.3, -0.25) is 9.52 Å². The molecule has 0 amide bonds. The second-order valence-corrected chi connectivity index (χ2v) is 8.38. The van der Waals surface area contributed by atoms with Crippen LogP contribution in [-0.2, 0) is 10.0 Å². The lowest BCUT2D eigenvalue weighted by molar-refractivity contribution is 0.112. The van der Waals surface area contributed by atoms with Crippen molar-refractivity contribution in [2.75, 3.05) is 10.0 Å². The number of para-hydroxylation sites is 2. The third kappa shape index (κ3) is 4.13. The number of nitrogens with zero attached hydrogens (tertiary/aromatic N) is 2. The summed E-state index contributed by atoms with van der Waals surface area (Å²) in [6.45, 7) is 1.89. The van der Waals surface area contributed by atoms with Crippen molar-refractivity contribution in [3.63, 3.8) is 0 Å². The molecule has 0 aliphatic heterocycles. The Morgan fingerprint density at radius 2 is 1.40 bits per heavy atom. The molecule has 3 aromatic carbocycles. The fourth-order valence-corrected chi connectivity index (χ4v) is 3.85. The average molecular weight is 418 g/mol. The molecule has 2 N–H and O–H groups in total. The number of fused-ring (bicyclic) bond motifs is 1. The number of sulfonamides is 1. The van der Waals surface area contributed by atoms with Crippen molar-refractivity contribution in [2.24, 2.45) is 0 Å². The highest BCUT2D eigenvalue weighted by Gasteiger charge is 2.19. The van der Waals surface area contributed by atoms with E-state index in [2.05, 4.69) is 20.0 Å². The smallest absolute Gasteiger partial charge is 0.263 e. The number of hydrogen-bond donors (Lipinski definition) is 2. The van der Waals surface area contributed by atoms with Crippen LogP contribution in [0.1, 0.15) is 15.9 Å². The summed E-state index contributed by atoms with van der Waals surface area (Å²) in [4.78, 5) is 20.0. The fourth-order valence-electron chi connectivity index (χ4n) is 2.84. The highest BCUT2D eigenvalue weighted by Crippen LogP contribution is 2.27. The number of nitrogens with one attached hydrogen (secondary N) is 2. The predicted molar refractivity (Wildman–Crippen MR) is 117 cm³/mol. The molecule has 0 saturated carbocycles. The maximum absolute atomic E-state index is 12.9. The Labute approximate surface area is 173 Å². The van der Waals surface area contributed by atoms with E-state index in [1.54, 1.807) is 54.6 Å². The zero-order valence-corrected chi connectivity index (χ0v) is 16.8. The molecule has 0 atom stereocenters. The monoisotopic (exact) mass is 418 g/mol. The van der Waals surface area contributed by atoms with Crippen molar-refractivity contribution in [1.82, 2.24) is 9.97 Å². The molecule has 4 rings (SSSR count). The lowest BCUT2D eigenvalue weighted by Crippen LogP contribution is -2.16. The van der Waals surface area contributed by atoms with Gasteiger partial charge in [-0.25, -0.2) is 18.4 Å². The number of hydrogen-bond acceptors (Lipinski definition) is 6. The SMILES string of the molecule is Cc1ccc(S(=O)(=O)Nc2nc3ccccc3nc2Nc2ccc(C=O)cc2)cc1. The Kier molecular flexibility index (Phi) is 5.16. The van der Waals surface area contributed by atoms with Gasteiger partial charge in [0.1, 0.15) is 6.29 Å². The molecule has 1 aromatic heterocycles. The highest BCUT2D eigenvalue weighted by molar-refractivity contribution is 7.92. The number of aldehydes is 1. The normalized spacial score (nSPS) is 11.2. The summed E-state index contributed by atoms with van der Waals surface area (Å²) in [5.74, 6) is 0.331. The number of rotatable bonds is 6. The molecule has 4 aromatic rings. The first-order valence-corrected chi connectivity index (χ1v) is 10.6. The van der Waals surface area contributed by atoms with Gasteiger partial charge in [0.05, 0.1) is 15.9 Å². The number of carbonyl (C=O) groups is 1. The van der Waals surface area contributed by atoms with E-state index in [1.807, 2.05) is 13.0 Å². The maximum atomic E-state index is 12.9. The molecule has 0 saturated heterocycles. The summed E-state index contributed by atoms with van der Waals surface area (Å²) in [7, 11) is -3.86. The average Bonchev–Trinajstić information content (AvgIpc) is 2.75. The standard InChI is InChI=1S/C22H18N4O3S/c1-15-6-12-18(13-7-15)30(28,29)26-22-21(23-17-10-8-16(14-27)9-11-17)24-19-4-2-3-5-20(19)25-22/h2-14H,1H3,(H,23,24)(H,25,26). The molecule has 0 spiro atoms. The first-order chi connectivity index (χ1) is 14.4. The Morgan fingerprint density at radius 3 is 2.00 bits per heavy atom. The van der Waals surface area contributed by atoms with Crippen LogP contribution < -0.4 is 10.0 Å². The van der Waals surface area contributed by atoms with E-state index in [4.69, 9.17) is 0 Å². The Balaban J connectivity index is 1.75. The zero-order valence-electron chi connectivity index (χ0n) is 16.0. The van der Waals surface area contributed by atoms with Crippen LogP contribution in [0.25, 0.3) is 11.0 Å². The minimum Gasteiger partial charge on any atom is -0.337 e. The van der Waals surface area contributed by atoms with Crippen molar-refractivity contribution >= 4 is 44.7 Å². The third-order valence-corrected chi connectivity index (χ3v) is 5.80. The van der Waals surface area contributed by atoms with Crippen LogP contribution in [-0.4, -0.2) is 24.7 Å². The van der Waals surface area contributed by atoms with Gasteiger partial charge in [0.15, 0.2) is 11.6 Å². The molecule has 8 heteroatoms. The molecule has 0 fully saturated rings. The van der Waals surface area contributed by atoms with Gasteiger partial charge in [-0.1, -0.05) is 29.8 Å². The minimum absolute atomic E-state index is 0.0775. The lowest BCUT2D eigenvalue weighted by atomic mass is 10.2. The molecule has 0 aliphatic carbocycles. The van der Waals surface area contributed by atoms with E-state index >= 15 is 0 Å². The number of benzene rings is 3. The van der Waals surface area contributed by atoms with Crippen LogP contribution in [0.4, 0.5) is 17.3 Å². The summed E-state index contributed by atoms with van der Waals surface area (Å²) in [6.07, 6.45) is 0.751. The Bertz CT molecular complexity index is 1320. The van der Waals surface area contributed by atoms with Gasteiger partial charge in [-0.05, 0) is 55.5 Å². The molecule has 150 valence electrons. The minimum atomic E-state index is -3.86. The van der Waals surface area contributed by atoms with Crippen LogP contribution in [0.5, 0.6) is 0 Å². The van der Waals surface area contributed by atoms with E-state index in [1.165, 1.54) is 12.1 Å². The van der Waals surface area contributed by atoms with Crippen molar-refractivity contribution < 1.29 is 13.2 Å². The van der Waals surface area contributed by atoms with Gasteiger partial charge in [0.2, 0.25) is 0 Å². The van der Waals surface area contributed by atoms with Crippen LogP contribution in [0.2, 0.25) is 0 Å². The van der Waals surface area contributed by atoms with Crippen molar-refractivity contribution in [3.8, 4) is 0 Å². The van der Waals surface area contributed by atoms with Crippen molar-refractivity contribution in [3.05, 3.63) is 83.9 Å². The van der Waals surface area contributed by atoms with Gasteiger partial charge in [-0.2, -0.15) is 0 Å². The zero-order chi connectivity index (χ0) is 21.1. The summed E-state index contributed by atoms with van der Waals surface area (Å²) < 4.78 is 28.3. The van der Waals surface area contributed by atoms with Gasteiger partial charge in [0, 0.05) is 11.3 Å². The quantitative estimate of drug-likeness (QED) is 0.453. The maximum Gasteiger partial charge on any atom is 0.263 e. The van der Waals surface area contributed by atoms with Gasteiger partial charge in [-0.15, -0.1) is 0 Å². The third-order valence-electron chi connectivity index (χ3n) is 4.44. The second-order valence-electron chi connectivity index (χ2n) is 6.69. The number of aryl methyl sites for hydroxylation is 1. The summed E-state index contributed by atoms with van der Waals surface area (Å²) in [5, 5.41) is 3.08. The van der Waals surface area contributed by atoms with E-state index in [-0.39, 0.29) is 16.5 Å². The van der Waals surface area contributed by atoms with E-state index in [0.29, 0.717) is 22.3 Å². The molecule has 0 unspecified atom stereocenters. The first kappa shape index (κ1) is 19.5. The molecular formula is C22H18N4O3S. The summed E-state index contributed by atoms with van der Waals surface area (Å²) >= 11 is 0. The predicted octanol–water partition coefficient (Wildman–Crippen LogP) is 4.30. The molecule has 7 nitrogen and oxygen atoms in total. The molecule has 0 radical (unpaired) electrons. The van der Waals surface area contributed by atoms with E-state index in [9.17, 15) is 13.2 Å². The van der Waals surface area contributed by atoms with Crippen LogP contribution >= 0.6 is 0 Å². The van der Waals surface area contributed by atoms with Gasteiger partial charge >= 0.3 is 0 Å². The Morgan fingerprint density at radius 1 is 0.800 bits per heavy atom. The van der Waals surface area contributed by atoms with E-state index in [0.717, 1.165) is 11.8 Å². The fraction of sp³-hybridized carbons (Fsp3) is 0.0455. The summed E-state index contributed by atoms with van der Waals surface area (Å²) in [6, 6.07) is 20.4. The van der Waals surface area contributed by atoms with E-state index < -0.39 is 10.0 Å². The van der Waals surface area contributed by atoms with Crippen molar-refractivity contribution in [2.45, 2.75) is 11.8 Å². The molecule has 1 heterocycles. The largest absolute Gasteiger partial charge is 0.337 e. The lowest BCUT2D eigenvalue weighted by Gasteiger charge is -2.14. The number of carbonyl (C=O) groups excluding carboxylic acids is 1. The van der Waals surface area contributed by atoms with Crippen molar-refractivity contribution in [1.29, 1.82) is 0 Å². The number of anilines is 3. The molecule has 0 aliphatic rings. The summed E-state index contributed by atoms with van der Waals surface area (Å²) in [5.41, 5.74) is 3.30. The van der Waals surface area contributed by atoms with Crippen LogP contribution in [0.15, 0.2) is 77.7 Å². The van der Waals surface area contributed by atoms with Gasteiger partial charge < -0.3 is 5.32 Å². The highest BCUT2D eigenvalue weighted by atomic mass is 32.2. The molecule has 0 bridgehead atoms. The molecular weight excluding hydrogens is 400 g/mol. The second kappa shape index (κ2) is 7.92. The Hall–Kier alpha value is -3.78.